The molecule has 0 aliphatic carbocycles. The second-order valence-electron chi connectivity index (χ2n) is 7.42. The molecule has 2 aliphatic heterocycles. The van der Waals surface area contributed by atoms with Crippen molar-refractivity contribution in [3.05, 3.63) is 64.9 Å². The lowest BCUT2D eigenvalue weighted by molar-refractivity contribution is 0.0177. The predicted octanol–water partition coefficient (Wildman–Crippen LogP) is 4.05. The molecule has 26 heavy (non-hydrogen) atoms. The Hall–Kier alpha value is -1.91. The van der Waals surface area contributed by atoms with Gasteiger partial charge >= 0.3 is 0 Å². The Kier molecular flexibility index (Phi) is 5.23. The van der Waals surface area contributed by atoms with Gasteiger partial charge in [-0.2, -0.15) is 0 Å². The normalized spacial score (nSPS) is 25.7. The topological polar surface area (TPSA) is 45.2 Å². The molecule has 5 heteroatoms. The average Bonchev–Trinajstić information content (AvgIpc) is 2.65. The molecule has 0 saturated carbocycles. The lowest BCUT2D eigenvalue weighted by Crippen LogP contribution is -2.56. The molecule has 2 bridgehead atoms. The minimum Gasteiger partial charge on any atom is -0.349 e. The van der Waals surface area contributed by atoms with Gasteiger partial charge in [0.15, 0.2) is 0 Å². The minimum atomic E-state index is 0.0154. The monoisotopic (exact) mass is 369 g/mol. The van der Waals surface area contributed by atoms with Gasteiger partial charge in [-0.05, 0) is 55.5 Å². The predicted molar refractivity (Wildman–Crippen MR) is 103 cm³/mol. The number of pyridine rings is 1. The molecule has 0 spiro atoms. The fraction of sp³-hybridized carbons (Fsp3) is 0.429. The fourth-order valence-corrected chi connectivity index (χ4v) is 4.55. The zero-order chi connectivity index (χ0) is 17.9. The Bertz CT molecular complexity index is 736. The van der Waals surface area contributed by atoms with E-state index < -0.39 is 0 Å². The lowest BCUT2D eigenvalue weighted by Gasteiger charge is -2.49. The summed E-state index contributed by atoms with van der Waals surface area (Å²) in [7, 11) is 0. The smallest absolute Gasteiger partial charge is 0.251 e. The quantitative estimate of drug-likeness (QED) is 0.884. The molecule has 1 unspecified atom stereocenters. The Labute approximate surface area is 159 Å². The summed E-state index contributed by atoms with van der Waals surface area (Å²) in [6.45, 7) is 0.970. The summed E-state index contributed by atoms with van der Waals surface area (Å²) >= 11 is 6.01. The number of piperidine rings is 2. The maximum Gasteiger partial charge on any atom is 0.251 e. The second-order valence-corrected chi connectivity index (χ2v) is 7.85. The highest BCUT2D eigenvalue weighted by atomic mass is 35.5. The average molecular weight is 370 g/mol. The van der Waals surface area contributed by atoms with Gasteiger partial charge in [0.05, 0.1) is 0 Å². The van der Waals surface area contributed by atoms with Crippen molar-refractivity contribution in [3.8, 4) is 0 Å². The first-order valence-corrected chi connectivity index (χ1v) is 9.78. The van der Waals surface area contributed by atoms with Crippen molar-refractivity contribution >= 4 is 17.5 Å². The number of benzene rings is 1. The van der Waals surface area contributed by atoms with Crippen LogP contribution in [-0.4, -0.2) is 33.9 Å². The van der Waals surface area contributed by atoms with E-state index in [1.54, 1.807) is 24.5 Å². The summed E-state index contributed by atoms with van der Waals surface area (Å²) in [5.41, 5.74) is 2.00. The summed E-state index contributed by atoms with van der Waals surface area (Å²) in [5, 5.41) is 4.03. The van der Waals surface area contributed by atoms with E-state index in [-0.39, 0.29) is 11.9 Å². The number of nitrogens with zero attached hydrogens (tertiary/aromatic N) is 2. The number of carbonyl (C=O) groups is 1. The van der Waals surface area contributed by atoms with Crippen LogP contribution in [0.5, 0.6) is 0 Å². The molecule has 4 rings (SSSR count). The van der Waals surface area contributed by atoms with Crippen LogP contribution >= 0.6 is 11.6 Å². The number of halogens is 1. The highest BCUT2D eigenvalue weighted by Gasteiger charge is 2.38. The third-order valence-electron chi connectivity index (χ3n) is 5.68. The first kappa shape index (κ1) is 17.5. The summed E-state index contributed by atoms with van der Waals surface area (Å²) in [5.74, 6) is 0.0154. The van der Waals surface area contributed by atoms with Crippen LogP contribution in [0.1, 0.15) is 48.0 Å². The van der Waals surface area contributed by atoms with Crippen LogP contribution in [0.4, 0.5) is 0 Å². The van der Waals surface area contributed by atoms with Gasteiger partial charge in [0.25, 0.3) is 5.91 Å². The van der Waals surface area contributed by atoms with Crippen molar-refractivity contribution in [2.45, 2.75) is 56.8 Å². The van der Waals surface area contributed by atoms with Crippen LogP contribution < -0.4 is 5.32 Å². The van der Waals surface area contributed by atoms with Crippen LogP contribution in [0, 0.1) is 0 Å². The number of fused-ring (bicyclic) bond motifs is 2. The molecule has 4 nitrogen and oxygen atoms in total. The van der Waals surface area contributed by atoms with E-state index in [0.29, 0.717) is 17.6 Å². The minimum absolute atomic E-state index is 0.0154. The van der Waals surface area contributed by atoms with Gasteiger partial charge < -0.3 is 5.32 Å². The summed E-state index contributed by atoms with van der Waals surface area (Å²) < 4.78 is 0. The second kappa shape index (κ2) is 7.77. The Morgan fingerprint density at radius 1 is 1.08 bits per heavy atom. The van der Waals surface area contributed by atoms with Crippen LogP contribution in [0.15, 0.2) is 48.8 Å². The zero-order valence-corrected chi connectivity index (χ0v) is 15.5. The molecule has 1 aromatic carbocycles. The number of amides is 1. The standard InChI is InChI=1S/C21H24ClN3O/c22-17-6-4-15(5-7-17)14-25-19-2-1-3-20(25)13-18(12-19)24-21(26)16-8-10-23-11-9-16/h4-11,18-20H,1-3,12-14H2,(H,24,26)/t18?,19-,20+. The third kappa shape index (κ3) is 3.92. The molecule has 1 aromatic heterocycles. The molecule has 1 amide bonds. The molecule has 2 saturated heterocycles. The van der Waals surface area contributed by atoms with Crippen molar-refractivity contribution in [3.63, 3.8) is 0 Å². The maximum absolute atomic E-state index is 12.5. The lowest BCUT2D eigenvalue weighted by atomic mass is 9.81. The number of aromatic nitrogens is 1. The van der Waals surface area contributed by atoms with E-state index in [4.69, 9.17) is 11.6 Å². The first-order valence-electron chi connectivity index (χ1n) is 9.40. The van der Waals surface area contributed by atoms with E-state index in [0.717, 1.165) is 24.4 Å². The SMILES string of the molecule is O=C(NC1C[C@H]2CCC[C@@H](C1)N2Cc1ccc(Cl)cc1)c1ccncc1. The van der Waals surface area contributed by atoms with E-state index in [1.165, 1.54) is 24.8 Å². The van der Waals surface area contributed by atoms with Crippen LogP contribution in [0.3, 0.4) is 0 Å². The van der Waals surface area contributed by atoms with Crippen molar-refractivity contribution in [1.29, 1.82) is 0 Å². The Morgan fingerprint density at radius 3 is 2.38 bits per heavy atom. The van der Waals surface area contributed by atoms with E-state index >= 15 is 0 Å². The van der Waals surface area contributed by atoms with E-state index in [9.17, 15) is 4.79 Å². The van der Waals surface area contributed by atoms with Gasteiger partial charge in [-0.1, -0.05) is 30.2 Å². The highest BCUT2D eigenvalue weighted by molar-refractivity contribution is 6.30. The zero-order valence-electron chi connectivity index (χ0n) is 14.8. The third-order valence-corrected chi connectivity index (χ3v) is 5.93. The molecule has 0 radical (unpaired) electrons. The molecule has 3 heterocycles. The number of hydrogen-bond donors (Lipinski definition) is 1. The Morgan fingerprint density at radius 2 is 1.73 bits per heavy atom. The van der Waals surface area contributed by atoms with Crippen molar-refractivity contribution in [1.82, 2.24) is 15.2 Å². The molecule has 3 atom stereocenters. The van der Waals surface area contributed by atoms with E-state index in [1.807, 2.05) is 12.1 Å². The largest absolute Gasteiger partial charge is 0.349 e. The molecule has 136 valence electrons. The number of carbonyl (C=O) groups excluding carboxylic acids is 1. The number of hydrogen-bond acceptors (Lipinski definition) is 3. The summed E-state index contributed by atoms with van der Waals surface area (Å²) in [6.07, 6.45) is 9.10. The fourth-order valence-electron chi connectivity index (χ4n) is 4.43. The molecule has 2 aliphatic rings. The number of rotatable bonds is 4. The maximum atomic E-state index is 12.5. The van der Waals surface area contributed by atoms with Gasteiger partial charge in [-0.15, -0.1) is 0 Å². The summed E-state index contributed by atoms with van der Waals surface area (Å²) in [4.78, 5) is 19.1. The van der Waals surface area contributed by atoms with Crippen molar-refractivity contribution in [2.24, 2.45) is 0 Å². The molecule has 2 fully saturated rings. The first-order chi connectivity index (χ1) is 12.7. The summed E-state index contributed by atoms with van der Waals surface area (Å²) in [6, 6.07) is 13.1. The van der Waals surface area contributed by atoms with Crippen molar-refractivity contribution < 1.29 is 4.79 Å². The number of nitrogens with one attached hydrogen (secondary N) is 1. The highest BCUT2D eigenvalue weighted by Crippen LogP contribution is 2.35. The van der Waals surface area contributed by atoms with Gasteiger partial charge in [-0.25, -0.2) is 0 Å². The molecule has 1 N–H and O–H groups in total. The van der Waals surface area contributed by atoms with Gasteiger partial charge in [0, 0.05) is 47.7 Å². The molecule has 2 aromatic rings. The molecular formula is C21H24ClN3O. The van der Waals surface area contributed by atoms with Crippen molar-refractivity contribution in [2.75, 3.05) is 0 Å². The van der Waals surface area contributed by atoms with Crippen LogP contribution in [-0.2, 0) is 6.54 Å². The van der Waals surface area contributed by atoms with Crippen LogP contribution in [0.25, 0.3) is 0 Å². The van der Waals surface area contributed by atoms with Gasteiger partial charge in [0.1, 0.15) is 0 Å². The Balaban J connectivity index is 1.41. The van der Waals surface area contributed by atoms with Gasteiger partial charge in [0.2, 0.25) is 0 Å². The van der Waals surface area contributed by atoms with Crippen LogP contribution in [0.2, 0.25) is 5.02 Å². The van der Waals surface area contributed by atoms with E-state index in [2.05, 4.69) is 27.3 Å². The van der Waals surface area contributed by atoms with Gasteiger partial charge in [-0.3, -0.25) is 14.7 Å². The molecular weight excluding hydrogens is 346 g/mol.